The molecule has 6 rings (SSSR count). The fourth-order valence-corrected chi connectivity index (χ4v) is 6.41. The number of carboxylic acids is 1. The Morgan fingerprint density at radius 3 is 2.34 bits per heavy atom. The van der Waals surface area contributed by atoms with Crippen LogP contribution in [0.1, 0.15) is 59.3 Å². The second-order valence-corrected chi connectivity index (χ2v) is 10.8. The molecule has 1 N–H and O–H groups in total. The van der Waals surface area contributed by atoms with Crippen LogP contribution in [0.2, 0.25) is 0 Å². The van der Waals surface area contributed by atoms with Gasteiger partial charge < -0.3 is 18.8 Å². The smallest absolute Gasteiger partial charge is 0.340 e. The van der Waals surface area contributed by atoms with E-state index in [4.69, 9.17) is 8.83 Å². The average molecular weight is 514 g/mol. The van der Waals surface area contributed by atoms with Gasteiger partial charge in [-0.3, -0.25) is 9.59 Å². The molecule has 7 nitrogen and oxygen atoms in total. The lowest BCUT2D eigenvalue weighted by atomic mass is 9.73. The molecule has 0 spiro atoms. The number of aliphatic carboxylic acids is 1. The van der Waals surface area contributed by atoms with Crippen LogP contribution >= 0.6 is 0 Å². The minimum atomic E-state index is -1.01. The number of piperidine rings is 1. The number of hydrogen-bond acceptors (Lipinski definition) is 5. The molecule has 1 saturated heterocycles. The number of carbonyl (C=O) groups is 2. The third-order valence-corrected chi connectivity index (χ3v) is 8.76. The molecule has 1 fully saturated rings. The maximum atomic E-state index is 13.3. The van der Waals surface area contributed by atoms with Crippen LogP contribution in [-0.4, -0.2) is 35.0 Å². The lowest BCUT2D eigenvalue weighted by Gasteiger charge is -2.39. The molecule has 0 unspecified atom stereocenters. The van der Waals surface area contributed by atoms with Crippen molar-refractivity contribution in [3.05, 3.63) is 80.4 Å². The number of nitrogens with zero attached hydrogens (tertiary/aromatic N) is 1. The number of fused-ring (bicyclic) bond motifs is 4. The zero-order chi connectivity index (χ0) is 26.6. The number of carbonyl (C=O) groups excluding carboxylic acids is 1. The number of likely N-dealkylation sites (tertiary alicyclic amines) is 1. The van der Waals surface area contributed by atoms with Gasteiger partial charge in [0.1, 0.15) is 16.9 Å². The minimum absolute atomic E-state index is 0.0733. The first kappa shape index (κ1) is 24.5. The quantitative estimate of drug-likeness (QED) is 0.376. The second-order valence-electron chi connectivity index (χ2n) is 10.8. The number of hydrogen-bond donors (Lipinski definition) is 1. The van der Waals surface area contributed by atoms with Crippen molar-refractivity contribution in [1.29, 1.82) is 0 Å². The van der Waals surface area contributed by atoms with E-state index in [1.807, 2.05) is 44.2 Å². The molecule has 38 heavy (non-hydrogen) atoms. The fraction of sp³-hybridized carbons (Fsp3) is 0.387. The Hall–Kier alpha value is -3.87. The standard InChI is InChI=1S/C31H31NO6/c1-18-22-16-24-21-10-6-7-11-25(21)37-28(24)19(2)27(22)38-29(34)23(18)17-26(33)32-14-12-31(13-15-32,30(35)36)20-8-4-3-5-9-20/h3-5,8-9,16H,6-7,10-15,17H2,1-2H3,(H,35,36). The average Bonchev–Trinajstić information content (AvgIpc) is 3.31. The van der Waals surface area contributed by atoms with Crippen LogP contribution in [-0.2, 0) is 34.3 Å². The van der Waals surface area contributed by atoms with Crippen LogP contribution in [0.3, 0.4) is 0 Å². The molecule has 2 aromatic carbocycles. The summed E-state index contributed by atoms with van der Waals surface area (Å²) < 4.78 is 12.0. The molecule has 196 valence electrons. The fourth-order valence-electron chi connectivity index (χ4n) is 6.41. The molecule has 4 aromatic rings. The molecule has 0 atom stereocenters. The Labute approximate surface area is 220 Å². The lowest BCUT2D eigenvalue weighted by molar-refractivity contribution is -0.148. The largest absolute Gasteiger partial charge is 0.481 e. The zero-order valence-corrected chi connectivity index (χ0v) is 21.8. The molecule has 1 aliphatic heterocycles. The summed E-state index contributed by atoms with van der Waals surface area (Å²) in [4.78, 5) is 40.4. The van der Waals surface area contributed by atoms with Crippen molar-refractivity contribution in [1.82, 2.24) is 4.90 Å². The van der Waals surface area contributed by atoms with E-state index in [-0.39, 0.29) is 12.3 Å². The molecule has 1 aliphatic carbocycles. The molecule has 7 heteroatoms. The molecule has 1 amide bonds. The highest BCUT2D eigenvalue weighted by molar-refractivity contribution is 6.00. The van der Waals surface area contributed by atoms with Crippen molar-refractivity contribution in [2.45, 2.75) is 64.2 Å². The maximum Gasteiger partial charge on any atom is 0.340 e. The molecular weight excluding hydrogens is 482 g/mol. The summed E-state index contributed by atoms with van der Waals surface area (Å²) in [5.74, 6) is -0.0340. The highest BCUT2D eigenvalue weighted by Gasteiger charge is 2.44. The molecular formula is C31H31NO6. The van der Waals surface area contributed by atoms with Crippen LogP contribution in [0.5, 0.6) is 0 Å². The van der Waals surface area contributed by atoms with E-state index < -0.39 is 17.0 Å². The number of furan rings is 1. The van der Waals surface area contributed by atoms with Crippen molar-refractivity contribution in [2.75, 3.05) is 13.1 Å². The number of rotatable bonds is 4. The normalized spacial score (nSPS) is 17.1. The van der Waals surface area contributed by atoms with E-state index >= 15 is 0 Å². The van der Waals surface area contributed by atoms with Gasteiger partial charge in [-0.1, -0.05) is 30.3 Å². The zero-order valence-electron chi connectivity index (χ0n) is 21.8. The highest BCUT2D eigenvalue weighted by Crippen LogP contribution is 2.39. The topological polar surface area (TPSA) is 101 Å². The summed E-state index contributed by atoms with van der Waals surface area (Å²) >= 11 is 0. The van der Waals surface area contributed by atoms with Crippen LogP contribution in [0.15, 0.2) is 50.0 Å². The van der Waals surface area contributed by atoms with Gasteiger partial charge >= 0.3 is 11.6 Å². The lowest BCUT2D eigenvalue weighted by Crippen LogP contribution is -2.49. The Kier molecular flexibility index (Phi) is 5.89. The van der Waals surface area contributed by atoms with E-state index in [9.17, 15) is 19.5 Å². The Morgan fingerprint density at radius 2 is 1.63 bits per heavy atom. The van der Waals surface area contributed by atoms with Gasteiger partial charge in [-0.25, -0.2) is 4.79 Å². The number of aryl methyl sites for hydroxylation is 4. The van der Waals surface area contributed by atoms with Gasteiger partial charge in [0.05, 0.1) is 17.4 Å². The van der Waals surface area contributed by atoms with Gasteiger partial charge in [0.25, 0.3) is 0 Å². The predicted octanol–water partition coefficient (Wildman–Crippen LogP) is 5.22. The van der Waals surface area contributed by atoms with Crippen LogP contribution in [0.25, 0.3) is 21.9 Å². The van der Waals surface area contributed by atoms with E-state index in [1.54, 1.807) is 4.90 Å². The first-order chi connectivity index (χ1) is 18.3. The van der Waals surface area contributed by atoms with Gasteiger partial charge in [0.2, 0.25) is 5.91 Å². The molecule has 2 aromatic heterocycles. The Bertz CT molecular complexity index is 1640. The van der Waals surface area contributed by atoms with Crippen molar-refractivity contribution in [2.24, 2.45) is 0 Å². The van der Waals surface area contributed by atoms with E-state index in [0.717, 1.165) is 64.5 Å². The first-order valence-corrected chi connectivity index (χ1v) is 13.4. The molecule has 3 heterocycles. The molecule has 0 radical (unpaired) electrons. The number of carboxylic acid groups (broad SMARTS) is 1. The Morgan fingerprint density at radius 1 is 0.947 bits per heavy atom. The summed E-state index contributed by atoms with van der Waals surface area (Å²) in [6.07, 6.45) is 4.72. The van der Waals surface area contributed by atoms with Crippen molar-refractivity contribution < 1.29 is 23.5 Å². The summed E-state index contributed by atoms with van der Waals surface area (Å²) in [7, 11) is 0. The molecule has 0 saturated carbocycles. The first-order valence-electron chi connectivity index (χ1n) is 13.4. The summed E-state index contributed by atoms with van der Waals surface area (Å²) in [6, 6.07) is 11.3. The van der Waals surface area contributed by atoms with E-state index in [0.29, 0.717) is 37.1 Å². The highest BCUT2D eigenvalue weighted by atomic mass is 16.4. The van der Waals surface area contributed by atoms with Gasteiger partial charge in [-0.15, -0.1) is 0 Å². The molecule has 2 aliphatic rings. The SMILES string of the molecule is Cc1c(CC(=O)N2CCC(C(=O)O)(c3ccccc3)CC2)c(=O)oc2c(C)c3oc4c(c3cc12)CCCC4. The van der Waals surface area contributed by atoms with Crippen LogP contribution in [0, 0.1) is 13.8 Å². The molecule has 0 bridgehead atoms. The maximum absolute atomic E-state index is 13.3. The Balaban J connectivity index is 1.30. The minimum Gasteiger partial charge on any atom is -0.481 e. The second kappa shape index (κ2) is 9.15. The third kappa shape index (κ3) is 3.75. The van der Waals surface area contributed by atoms with Crippen LogP contribution < -0.4 is 5.63 Å². The van der Waals surface area contributed by atoms with E-state index in [2.05, 4.69) is 6.07 Å². The number of benzene rings is 2. The summed E-state index contributed by atoms with van der Waals surface area (Å²) in [6.45, 7) is 4.43. The third-order valence-electron chi connectivity index (χ3n) is 8.76. The van der Waals surface area contributed by atoms with E-state index in [1.165, 1.54) is 5.56 Å². The van der Waals surface area contributed by atoms with Gasteiger partial charge in [0.15, 0.2) is 0 Å². The van der Waals surface area contributed by atoms with Crippen molar-refractivity contribution in [3.63, 3.8) is 0 Å². The van der Waals surface area contributed by atoms with Gasteiger partial charge in [0, 0.05) is 41.4 Å². The van der Waals surface area contributed by atoms with Gasteiger partial charge in [-0.05, 0) is 63.1 Å². The summed E-state index contributed by atoms with van der Waals surface area (Å²) in [5.41, 5.74) is 3.69. The predicted molar refractivity (Wildman–Crippen MR) is 144 cm³/mol. The van der Waals surface area contributed by atoms with Crippen molar-refractivity contribution in [3.8, 4) is 0 Å². The number of amides is 1. The van der Waals surface area contributed by atoms with Gasteiger partial charge in [-0.2, -0.15) is 0 Å². The monoisotopic (exact) mass is 513 g/mol. The van der Waals surface area contributed by atoms with Crippen LogP contribution in [0.4, 0.5) is 0 Å². The van der Waals surface area contributed by atoms with Crippen molar-refractivity contribution >= 4 is 33.8 Å². The summed E-state index contributed by atoms with van der Waals surface area (Å²) in [5, 5.41) is 12.0.